The lowest BCUT2D eigenvalue weighted by atomic mass is 9.63. The van der Waals surface area contributed by atoms with E-state index in [1.54, 1.807) is 0 Å². The molecule has 1 saturated carbocycles. The maximum absolute atomic E-state index is 12.5. The van der Waals surface area contributed by atoms with Gasteiger partial charge in [-0.05, 0) is 54.7 Å². The van der Waals surface area contributed by atoms with Gasteiger partial charge in [-0.25, -0.2) is 4.79 Å². The number of carbonyl (C=O) groups excluding carboxylic acids is 3. The first kappa shape index (κ1) is 60.5. The van der Waals surface area contributed by atoms with Gasteiger partial charge in [0.15, 0.2) is 0 Å². The number of amides is 2. The van der Waals surface area contributed by atoms with Crippen molar-refractivity contribution in [3.63, 3.8) is 0 Å². The Balaban J connectivity index is 0.998. The summed E-state index contributed by atoms with van der Waals surface area (Å²) in [6.45, 7) is 16.0. The van der Waals surface area contributed by atoms with E-state index in [1.807, 2.05) is 56.6 Å². The third kappa shape index (κ3) is 17.4. The SMILES string of the molecule is CCCC[N+](C)(C)Cc1cn(CCN(CCOCC(=O)ON2C(=O)CCC2=O)c2ccc(C3C(O)C(c4ccc(N(CCn5cc(C[N+](C)(C)CCCC)nn5)CCn5cc(C[N+](C)(C)CCCC)nn5)cc4)C3O)cc2)nn1. The van der Waals surface area contributed by atoms with E-state index in [1.165, 1.54) is 12.8 Å². The number of hydrogen-bond donors (Lipinski definition) is 2. The molecule has 5 aromatic rings. The van der Waals surface area contributed by atoms with Crippen molar-refractivity contribution in [2.24, 2.45) is 0 Å². The van der Waals surface area contributed by atoms with E-state index in [0.29, 0.717) is 50.9 Å². The first-order valence-electron chi connectivity index (χ1n) is 28.6. The Labute approximate surface area is 467 Å². The molecule has 2 aliphatic rings. The van der Waals surface area contributed by atoms with Gasteiger partial charge in [-0.1, -0.05) is 79.9 Å². The van der Waals surface area contributed by atoms with Gasteiger partial charge >= 0.3 is 5.97 Å². The third-order valence-corrected chi connectivity index (χ3v) is 15.4. The number of aliphatic hydroxyl groups excluding tert-OH is 2. The van der Waals surface area contributed by atoms with Gasteiger partial charge in [-0.3, -0.25) is 23.6 Å². The number of aliphatic hydroxyl groups is 2. The van der Waals surface area contributed by atoms with Crippen LogP contribution in [0.2, 0.25) is 0 Å². The summed E-state index contributed by atoms with van der Waals surface area (Å²) >= 11 is 0. The van der Waals surface area contributed by atoms with Crippen molar-refractivity contribution in [2.45, 2.75) is 135 Å². The molecule has 0 radical (unpaired) electrons. The number of nitrogens with zero attached hydrogens (tertiary/aromatic N) is 15. The van der Waals surface area contributed by atoms with Crippen LogP contribution in [-0.2, 0) is 63.2 Å². The molecule has 432 valence electrons. The van der Waals surface area contributed by atoms with Gasteiger partial charge in [-0.15, -0.1) is 20.4 Å². The summed E-state index contributed by atoms with van der Waals surface area (Å²) in [4.78, 5) is 45.8. The minimum atomic E-state index is -0.835. The van der Waals surface area contributed by atoms with Crippen LogP contribution in [0.15, 0.2) is 67.1 Å². The highest BCUT2D eigenvalue weighted by Crippen LogP contribution is 2.48. The first-order valence-corrected chi connectivity index (χ1v) is 28.6. The maximum Gasteiger partial charge on any atom is 0.358 e. The van der Waals surface area contributed by atoms with E-state index < -0.39 is 48.4 Å². The van der Waals surface area contributed by atoms with Crippen molar-refractivity contribution in [1.82, 2.24) is 50.0 Å². The predicted octanol–water partition coefficient (Wildman–Crippen LogP) is 4.53. The maximum atomic E-state index is 12.5. The average molecular weight is 1100 g/mol. The Morgan fingerprint density at radius 1 is 0.570 bits per heavy atom. The lowest BCUT2D eigenvalue weighted by molar-refractivity contribution is -0.904. The molecule has 2 fully saturated rings. The Bertz CT molecular complexity index is 2610. The van der Waals surface area contributed by atoms with Gasteiger partial charge in [-0.2, -0.15) is 0 Å². The fraction of sp³-hybridized carbons (Fsp3) is 0.632. The van der Waals surface area contributed by atoms with E-state index in [2.05, 4.69) is 128 Å². The van der Waals surface area contributed by atoms with Gasteiger partial charge in [0, 0.05) is 62.2 Å². The van der Waals surface area contributed by atoms with Crippen molar-refractivity contribution in [3.8, 4) is 0 Å². The zero-order chi connectivity index (χ0) is 56.7. The predicted molar refractivity (Wildman–Crippen MR) is 300 cm³/mol. The van der Waals surface area contributed by atoms with Gasteiger partial charge in [0.25, 0.3) is 11.8 Å². The van der Waals surface area contributed by atoms with Crippen LogP contribution < -0.4 is 9.80 Å². The van der Waals surface area contributed by atoms with Crippen molar-refractivity contribution in [3.05, 3.63) is 95.3 Å². The van der Waals surface area contributed by atoms with E-state index in [-0.39, 0.29) is 19.4 Å². The van der Waals surface area contributed by atoms with Crippen LogP contribution in [0.1, 0.15) is 112 Å². The molecule has 1 aliphatic heterocycles. The Morgan fingerprint density at radius 2 is 0.924 bits per heavy atom. The van der Waals surface area contributed by atoms with Gasteiger partial charge < -0.3 is 43.0 Å². The second-order valence-corrected chi connectivity index (χ2v) is 23.7. The zero-order valence-corrected chi connectivity index (χ0v) is 48.6. The average Bonchev–Trinajstić information content (AvgIpc) is 4.38. The standard InChI is InChI=1S/C57H90N15O7/c1-10-13-33-70(4,5)40-46-37-66(61-58-46)29-26-64(27-30-67-38-47(59-62-67)41-71(6,7)34-14-11-2)49-20-16-44(17-21-49)54-56(76)55(57(54)77)45-18-22-50(23-19-45)65(32-36-78-43-53(75)79-69-51(73)24-25-52(69)74)28-31-68-39-48(60-63-68)42-72(8,9)35-15-12-3/h16-23,37-39,54-57,76-77H,10-15,24-36,40-43H2,1-9H3/q+3. The smallest absolute Gasteiger partial charge is 0.358 e. The number of carbonyl (C=O) groups is 3. The lowest BCUT2D eigenvalue weighted by Crippen LogP contribution is -2.51. The van der Waals surface area contributed by atoms with E-state index >= 15 is 0 Å². The largest absolute Gasteiger partial charge is 0.392 e. The van der Waals surface area contributed by atoms with Gasteiger partial charge in [0.2, 0.25) is 0 Å². The fourth-order valence-electron chi connectivity index (χ4n) is 10.7. The molecule has 2 unspecified atom stereocenters. The van der Waals surface area contributed by atoms with Crippen molar-refractivity contribution in [2.75, 3.05) is 111 Å². The first-order chi connectivity index (χ1) is 37.8. The number of aromatic nitrogens is 9. The van der Waals surface area contributed by atoms with E-state index in [4.69, 9.17) is 9.57 Å². The molecule has 2 atom stereocenters. The van der Waals surface area contributed by atoms with E-state index in [0.717, 1.165) is 118 Å². The lowest BCUT2D eigenvalue weighted by Gasteiger charge is -2.47. The molecule has 0 spiro atoms. The molecule has 1 saturated heterocycles. The van der Waals surface area contributed by atoms with Crippen molar-refractivity contribution < 1.29 is 47.6 Å². The summed E-state index contributed by atoms with van der Waals surface area (Å²) in [7, 11) is 13.4. The second-order valence-electron chi connectivity index (χ2n) is 23.7. The number of anilines is 2. The summed E-state index contributed by atoms with van der Waals surface area (Å²) in [5, 5.41) is 51.0. The number of ether oxygens (including phenoxy) is 1. The highest BCUT2D eigenvalue weighted by Gasteiger charge is 2.50. The number of unbranched alkanes of at least 4 members (excludes halogenated alkanes) is 3. The highest BCUT2D eigenvalue weighted by atomic mass is 16.7. The number of rotatable bonds is 34. The van der Waals surface area contributed by atoms with Crippen LogP contribution in [0.5, 0.6) is 0 Å². The fourth-order valence-corrected chi connectivity index (χ4v) is 10.7. The molecule has 0 bridgehead atoms. The molecule has 22 nitrogen and oxygen atoms in total. The van der Waals surface area contributed by atoms with Crippen molar-refractivity contribution in [1.29, 1.82) is 0 Å². The minimum absolute atomic E-state index is 0.00831. The molecule has 4 heterocycles. The topological polar surface area (TPSA) is 212 Å². The van der Waals surface area contributed by atoms with Crippen LogP contribution in [0.25, 0.3) is 0 Å². The van der Waals surface area contributed by atoms with Crippen molar-refractivity contribution >= 4 is 29.2 Å². The quantitative estimate of drug-likeness (QED) is 0.0329. The normalized spacial score (nSPS) is 17.9. The number of hydrogen-bond acceptors (Lipinski definition) is 15. The minimum Gasteiger partial charge on any atom is -0.392 e. The summed E-state index contributed by atoms with van der Waals surface area (Å²) < 4.78 is 13.9. The summed E-state index contributed by atoms with van der Waals surface area (Å²) in [5.41, 5.74) is 6.42. The van der Waals surface area contributed by atoms with Gasteiger partial charge in [0.1, 0.15) is 43.3 Å². The second kappa shape index (κ2) is 27.8. The Hall–Kier alpha value is -6.17. The molecule has 2 N–H and O–H groups in total. The summed E-state index contributed by atoms with van der Waals surface area (Å²) in [6, 6.07) is 16.0. The van der Waals surface area contributed by atoms with Crippen LogP contribution in [0.3, 0.4) is 0 Å². The molecule has 1 aliphatic carbocycles. The molecular formula is C57H90N15O7+3. The Kier molecular flexibility index (Phi) is 21.3. The zero-order valence-electron chi connectivity index (χ0n) is 48.6. The third-order valence-electron chi connectivity index (χ3n) is 15.4. The van der Waals surface area contributed by atoms with E-state index in [9.17, 15) is 24.6 Å². The van der Waals surface area contributed by atoms with Crippen LogP contribution in [0, 0.1) is 0 Å². The molecule has 7 rings (SSSR count). The molecule has 79 heavy (non-hydrogen) atoms. The van der Waals surface area contributed by atoms with Gasteiger partial charge in [0.05, 0.1) is 119 Å². The van der Waals surface area contributed by atoms with Crippen LogP contribution >= 0.6 is 0 Å². The monoisotopic (exact) mass is 1100 g/mol. The molecule has 2 amide bonds. The Morgan fingerprint density at radius 3 is 1.28 bits per heavy atom. The number of quaternary nitrogens is 3. The molecular weight excluding hydrogens is 1010 g/mol. The highest BCUT2D eigenvalue weighted by molar-refractivity contribution is 6.01. The summed E-state index contributed by atoms with van der Waals surface area (Å²) in [5.74, 6) is -2.90. The number of hydroxylamine groups is 2. The van der Waals surface area contributed by atoms with Crippen LogP contribution in [0.4, 0.5) is 11.4 Å². The number of benzene rings is 2. The summed E-state index contributed by atoms with van der Waals surface area (Å²) in [6.07, 6.45) is 11.4. The number of imide groups is 1. The van der Waals surface area contributed by atoms with Crippen LogP contribution in [-0.4, -0.2) is 205 Å². The molecule has 2 aromatic carbocycles. The molecule has 22 heteroatoms. The molecule has 3 aromatic heterocycles.